The Morgan fingerprint density at radius 3 is 2.76 bits per heavy atom. The van der Waals surface area contributed by atoms with Gasteiger partial charge in [0.1, 0.15) is 0 Å². The summed E-state index contributed by atoms with van der Waals surface area (Å²) in [5.41, 5.74) is 1.30. The molecule has 0 fully saturated rings. The summed E-state index contributed by atoms with van der Waals surface area (Å²) in [7, 11) is 0. The van der Waals surface area contributed by atoms with E-state index >= 15 is 0 Å². The second-order valence-electron chi connectivity index (χ2n) is 5.64. The molecule has 0 N–H and O–H groups in total. The van der Waals surface area contributed by atoms with Gasteiger partial charge in [-0.3, -0.25) is 4.99 Å². The van der Waals surface area contributed by atoms with Gasteiger partial charge in [-0.25, -0.2) is 0 Å². The van der Waals surface area contributed by atoms with Crippen LogP contribution in [0.25, 0.3) is 0 Å². The van der Waals surface area contributed by atoms with Crippen LogP contribution in [-0.2, 0) is 0 Å². The van der Waals surface area contributed by atoms with Crippen LogP contribution in [0.5, 0.6) is 0 Å². The number of amidine groups is 1. The van der Waals surface area contributed by atoms with Crippen molar-refractivity contribution in [1.82, 2.24) is 4.90 Å². The zero-order valence-electron chi connectivity index (χ0n) is 12.4. The van der Waals surface area contributed by atoms with Gasteiger partial charge in [0.2, 0.25) is 0 Å². The Labute approximate surface area is 139 Å². The molecule has 2 aliphatic heterocycles. The lowest BCUT2D eigenvalue weighted by atomic mass is 10.1. The van der Waals surface area contributed by atoms with Crippen LogP contribution in [0.15, 0.2) is 44.8 Å². The van der Waals surface area contributed by atoms with Gasteiger partial charge in [-0.05, 0) is 30.5 Å². The third-order valence-corrected chi connectivity index (χ3v) is 5.56. The van der Waals surface area contributed by atoms with Crippen molar-refractivity contribution in [2.45, 2.75) is 45.1 Å². The first-order valence-electron chi connectivity index (χ1n) is 7.74. The molecule has 0 aliphatic carbocycles. The zero-order valence-corrected chi connectivity index (χ0v) is 14.8. The molecule has 1 atom stereocenters. The Hall–Kier alpha value is -0.740. The Balaban J connectivity index is 1.55. The minimum atomic E-state index is 0.290. The zero-order chi connectivity index (χ0) is 14.7. The highest BCUT2D eigenvalue weighted by Gasteiger charge is 2.30. The predicted octanol–water partition coefficient (Wildman–Crippen LogP) is 5.72. The van der Waals surface area contributed by atoms with E-state index < -0.39 is 0 Å². The summed E-state index contributed by atoms with van der Waals surface area (Å²) in [5, 5.41) is 1.19. The van der Waals surface area contributed by atoms with Gasteiger partial charge in [-0.1, -0.05) is 66.0 Å². The molecule has 1 aromatic rings. The van der Waals surface area contributed by atoms with Crippen molar-refractivity contribution in [3.05, 3.63) is 45.4 Å². The second kappa shape index (κ2) is 7.01. The molecule has 2 aliphatic rings. The monoisotopic (exact) mass is 364 g/mol. The Morgan fingerprint density at radius 1 is 1.24 bits per heavy atom. The summed E-state index contributed by atoms with van der Waals surface area (Å²) >= 11 is 5.35. The number of unbranched alkanes of at least 4 members (excludes halogenated alkanes) is 3. The molecule has 0 amide bonds. The molecule has 1 aromatic carbocycles. The third kappa shape index (κ3) is 3.72. The summed E-state index contributed by atoms with van der Waals surface area (Å²) < 4.78 is 1.13. The summed E-state index contributed by atoms with van der Waals surface area (Å²) in [5.74, 6) is 0. The third-order valence-electron chi connectivity index (χ3n) is 3.94. The maximum absolute atomic E-state index is 4.88. The normalized spacial score (nSPS) is 20.5. The Kier molecular flexibility index (Phi) is 5.07. The maximum atomic E-state index is 4.88. The number of allylic oxidation sites excluding steroid dienone is 1. The average molecular weight is 365 g/mol. The number of rotatable bonds is 6. The van der Waals surface area contributed by atoms with Crippen molar-refractivity contribution in [2.24, 2.45) is 4.99 Å². The van der Waals surface area contributed by atoms with Gasteiger partial charge in [-0.2, -0.15) is 0 Å². The van der Waals surface area contributed by atoms with Crippen LogP contribution >= 0.6 is 27.7 Å². The average Bonchev–Trinajstić information content (AvgIpc) is 3.02. The molecule has 0 aromatic heterocycles. The second-order valence-corrected chi connectivity index (χ2v) is 7.65. The topological polar surface area (TPSA) is 15.6 Å². The molecule has 0 saturated carbocycles. The molecule has 0 spiro atoms. The smallest absolute Gasteiger partial charge is 0.168 e. The maximum Gasteiger partial charge on any atom is 0.168 e. The van der Waals surface area contributed by atoms with Gasteiger partial charge in [-0.15, -0.1) is 0 Å². The van der Waals surface area contributed by atoms with Crippen molar-refractivity contribution < 1.29 is 0 Å². The van der Waals surface area contributed by atoms with Gasteiger partial charge < -0.3 is 4.90 Å². The van der Waals surface area contributed by atoms with Gasteiger partial charge in [0, 0.05) is 15.6 Å². The molecule has 4 heteroatoms. The van der Waals surface area contributed by atoms with Crippen molar-refractivity contribution in [3.63, 3.8) is 0 Å². The first-order chi connectivity index (χ1) is 10.3. The minimum Gasteiger partial charge on any atom is -0.324 e. The number of hydrogen-bond donors (Lipinski definition) is 0. The van der Waals surface area contributed by atoms with Gasteiger partial charge in [0.15, 0.2) is 5.17 Å². The quantitative estimate of drug-likeness (QED) is 0.599. The lowest BCUT2D eigenvalue weighted by Gasteiger charge is -2.11. The molecule has 1 unspecified atom stereocenters. The first kappa shape index (κ1) is 15.2. The van der Waals surface area contributed by atoms with Crippen molar-refractivity contribution in [2.75, 3.05) is 6.54 Å². The van der Waals surface area contributed by atoms with Gasteiger partial charge in [0.25, 0.3) is 0 Å². The number of halogens is 1. The van der Waals surface area contributed by atoms with Crippen LogP contribution < -0.4 is 0 Å². The van der Waals surface area contributed by atoms with Crippen LogP contribution in [0.2, 0.25) is 0 Å². The lowest BCUT2D eigenvalue weighted by molar-refractivity contribution is 0.554. The summed E-state index contributed by atoms with van der Waals surface area (Å²) in [6, 6.07) is 8.82. The van der Waals surface area contributed by atoms with Crippen LogP contribution in [0.3, 0.4) is 0 Å². The van der Waals surface area contributed by atoms with Gasteiger partial charge >= 0.3 is 0 Å². The summed E-state index contributed by atoms with van der Waals surface area (Å²) in [6.45, 7) is 3.25. The molecule has 3 rings (SSSR count). The molecule has 2 heterocycles. The number of fused-ring (bicyclic) bond motifs is 1. The fraction of sp³-hybridized carbons (Fsp3) is 0.471. The summed E-state index contributed by atoms with van der Waals surface area (Å²) in [6.07, 6.45) is 8.85. The van der Waals surface area contributed by atoms with E-state index in [1.807, 2.05) is 11.8 Å². The van der Waals surface area contributed by atoms with E-state index in [2.05, 4.69) is 58.2 Å². The van der Waals surface area contributed by atoms with E-state index in [0.717, 1.165) is 11.0 Å². The largest absolute Gasteiger partial charge is 0.324 e. The molecule has 2 nitrogen and oxygen atoms in total. The highest BCUT2D eigenvalue weighted by atomic mass is 79.9. The molecule has 0 bridgehead atoms. The molecular formula is C17H21BrN2S. The Morgan fingerprint density at radius 2 is 2.05 bits per heavy atom. The number of benzene rings is 1. The molecular weight excluding hydrogens is 344 g/mol. The van der Waals surface area contributed by atoms with Gasteiger partial charge in [0.05, 0.1) is 12.6 Å². The SMILES string of the molecule is CCCCCCC1=CN2CC(c3ccc(Br)cc3)N=C2S1. The first-order valence-corrected chi connectivity index (χ1v) is 9.35. The van der Waals surface area contributed by atoms with Crippen molar-refractivity contribution in [3.8, 4) is 0 Å². The molecule has 0 saturated heterocycles. The molecule has 21 heavy (non-hydrogen) atoms. The standard InChI is InChI=1S/C17H21BrN2S/c1-2-3-4-5-6-15-11-20-12-16(19-17(20)21-15)13-7-9-14(18)10-8-13/h7-11,16H,2-6,12H2,1H3. The molecule has 0 radical (unpaired) electrons. The number of thioether (sulfide) groups is 1. The van der Waals surface area contributed by atoms with Crippen molar-refractivity contribution >= 4 is 32.9 Å². The van der Waals surface area contributed by atoms with Crippen LogP contribution in [0.1, 0.15) is 50.6 Å². The number of aliphatic imine (C=N–C) groups is 1. The van der Waals surface area contributed by atoms with Crippen LogP contribution in [0, 0.1) is 0 Å². The van der Waals surface area contributed by atoms with E-state index in [4.69, 9.17) is 4.99 Å². The van der Waals surface area contributed by atoms with Crippen molar-refractivity contribution in [1.29, 1.82) is 0 Å². The van der Waals surface area contributed by atoms with E-state index in [1.54, 1.807) is 0 Å². The number of nitrogens with zero attached hydrogens (tertiary/aromatic N) is 2. The van der Waals surface area contributed by atoms with E-state index in [9.17, 15) is 0 Å². The van der Waals surface area contributed by atoms with E-state index in [0.29, 0.717) is 6.04 Å². The fourth-order valence-electron chi connectivity index (χ4n) is 2.73. The van der Waals surface area contributed by atoms with Crippen LogP contribution in [-0.4, -0.2) is 16.6 Å². The minimum absolute atomic E-state index is 0.290. The highest BCUT2D eigenvalue weighted by molar-refractivity contribution is 9.10. The molecule has 112 valence electrons. The van der Waals surface area contributed by atoms with E-state index in [1.165, 1.54) is 47.7 Å². The lowest BCUT2D eigenvalue weighted by Crippen LogP contribution is -2.16. The predicted molar refractivity (Wildman–Crippen MR) is 95.5 cm³/mol. The van der Waals surface area contributed by atoms with Crippen LogP contribution in [0.4, 0.5) is 0 Å². The summed E-state index contributed by atoms with van der Waals surface area (Å²) in [4.78, 5) is 8.69. The fourth-order valence-corrected chi connectivity index (χ4v) is 4.08. The Bertz CT molecular complexity index is 550. The van der Waals surface area contributed by atoms with E-state index in [-0.39, 0.29) is 0 Å². The number of hydrogen-bond acceptors (Lipinski definition) is 3. The highest BCUT2D eigenvalue weighted by Crippen LogP contribution is 2.39.